The van der Waals surface area contributed by atoms with Gasteiger partial charge in [-0.1, -0.05) is 32.9 Å². The van der Waals surface area contributed by atoms with Crippen LogP contribution < -0.4 is 0 Å². The highest BCUT2D eigenvalue weighted by Crippen LogP contribution is 2.37. The summed E-state index contributed by atoms with van der Waals surface area (Å²) in [4.78, 5) is 8.69. The van der Waals surface area contributed by atoms with E-state index < -0.39 is 8.32 Å². The van der Waals surface area contributed by atoms with Crippen LogP contribution in [0.25, 0.3) is 10.9 Å². The van der Waals surface area contributed by atoms with Crippen molar-refractivity contribution < 1.29 is 4.43 Å². The Kier molecular flexibility index (Phi) is 3.98. The quantitative estimate of drug-likeness (QED) is 0.782. The molecule has 4 heteroatoms. The smallest absolute Gasteiger partial charge is 0.192 e. The number of aryl methyl sites for hydroxylation is 1. The molecule has 3 nitrogen and oxygen atoms in total. The first kappa shape index (κ1) is 15.1. The zero-order valence-corrected chi connectivity index (χ0v) is 14.3. The maximum absolute atomic E-state index is 6.25. The van der Waals surface area contributed by atoms with Crippen molar-refractivity contribution in [2.45, 2.75) is 52.4 Å². The number of hydrogen-bond donors (Lipinski definition) is 0. The number of nitrogens with zero attached hydrogens (tertiary/aromatic N) is 2. The van der Waals surface area contributed by atoms with E-state index in [0.717, 1.165) is 16.7 Å². The molecule has 0 saturated carbocycles. The molecule has 0 saturated heterocycles. The summed E-state index contributed by atoms with van der Waals surface area (Å²) in [5.41, 5.74) is 2.18. The highest BCUT2D eigenvalue weighted by atomic mass is 28.4. The second-order valence-corrected chi connectivity index (χ2v) is 11.7. The number of benzene rings is 1. The number of rotatable bonds is 3. The molecule has 0 amide bonds. The monoisotopic (exact) mass is 288 g/mol. The molecule has 0 spiro atoms. The van der Waals surface area contributed by atoms with Crippen LogP contribution in [-0.2, 0) is 11.0 Å². The second kappa shape index (κ2) is 5.26. The molecule has 2 rings (SSSR count). The van der Waals surface area contributed by atoms with Crippen molar-refractivity contribution in [1.29, 1.82) is 0 Å². The van der Waals surface area contributed by atoms with Crippen molar-refractivity contribution >= 4 is 19.2 Å². The Labute approximate surface area is 122 Å². The fraction of sp³-hybridized carbons (Fsp3) is 0.500. The maximum Gasteiger partial charge on any atom is 0.192 e. The zero-order valence-electron chi connectivity index (χ0n) is 13.3. The van der Waals surface area contributed by atoms with E-state index in [9.17, 15) is 0 Å². The molecule has 1 aromatic heterocycles. The van der Waals surface area contributed by atoms with E-state index in [-0.39, 0.29) is 5.04 Å². The zero-order chi connectivity index (χ0) is 15.0. The molecule has 0 N–H and O–H groups in total. The summed E-state index contributed by atoms with van der Waals surface area (Å²) in [6.45, 7) is 13.9. The van der Waals surface area contributed by atoms with Gasteiger partial charge in [0.15, 0.2) is 8.32 Å². The topological polar surface area (TPSA) is 35.0 Å². The highest BCUT2D eigenvalue weighted by Gasteiger charge is 2.36. The van der Waals surface area contributed by atoms with E-state index in [1.54, 1.807) is 0 Å². The van der Waals surface area contributed by atoms with Gasteiger partial charge in [0.2, 0.25) is 0 Å². The third kappa shape index (κ3) is 3.25. The fourth-order valence-electron chi connectivity index (χ4n) is 1.73. The average Bonchev–Trinajstić information content (AvgIpc) is 2.34. The van der Waals surface area contributed by atoms with Crippen LogP contribution >= 0.6 is 0 Å². The molecule has 0 bridgehead atoms. The third-order valence-corrected chi connectivity index (χ3v) is 8.65. The lowest BCUT2D eigenvalue weighted by atomic mass is 10.2. The van der Waals surface area contributed by atoms with E-state index in [1.807, 2.05) is 13.1 Å². The van der Waals surface area contributed by atoms with Crippen LogP contribution in [0.3, 0.4) is 0 Å². The average molecular weight is 288 g/mol. The fourth-order valence-corrected chi connectivity index (χ4v) is 2.69. The highest BCUT2D eigenvalue weighted by molar-refractivity contribution is 6.74. The van der Waals surface area contributed by atoms with Gasteiger partial charge in [-0.3, -0.25) is 0 Å². The molecule has 0 aliphatic heterocycles. The summed E-state index contributed by atoms with van der Waals surface area (Å²) >= 11 is 0. The van der Waals surface area contributed by atoms with Crippen molar-refractivity contribution in [3.8, 4) is 0 Å². The summed E-state index contributed by atoms with van der Waals surface area (Å²) in [5.74, 6) is 0.806. The summed E-state index contributed by atoms with van der Waals surface area (Å²) in [7, 11) is -1.70. The Bertz CT molecular complexity index is 617. The number of aromatic nitrogens is 2. The standard InChI is InChI=1S/C16H24N2OSi/c1-12-17-10-14-8-7-13(9-15(14)18-12)11-19-20(5,6)16(2,3)4/h7-10H,11H2,1-6H3. The van der Waals surface area contributed by atoms with E-state index in [0.29, 0.717) is 6.61 Å². The van der Waals surface area contributed by atoms with Crippen molar-refractivity contribution in [3.05, 3.63) is 35.8 Å². The van der Waals surface area contributed by atoms with Gasteiger partial charge >= 0.3 is 0 Å². The summed E-state index contributed by atoms with van der Waals surface area (Å²) in [5, 5.41) is 1.31. The lowest BCUT2D eigenvalue weighted by molar-refractivity contribution is 0.276. The Morgan fingerprint density at radius 2 is 1.90 bits per heavy atom. The van der Waals surface area contributed by atoms with Crippen molar-refractivity contribution in [2.75, 3.05) is 0 Å². The Morgan fingerprint density at radius 3 is 2.55 bits per heavy atom. The van der Waals surface area contributed by atoms with Gasteiger partial charge < -0.3 is 4.43 Å². The molecule has 0 aliphatic carbocycles. The SMILES string of the molecule is Cc1ncc2ccc(CO[Si](C)(C)C(C)(C)C)cc2n1. The Morgan fingerprint density at radius 1 is 1.20 bits per heavy atom. The van der Waals surface area contributed by atoms with Gasteiger partial charge in [0.1, 0.15) is 5.82 Å². The van der Waals surface area contributed by atoms with Gasteiger partial charge in [0, 0.05) is 11.6 Å². The van der Waals surface area contributed by atoms with Gasteiger partial charge in [-0.2, -0.15) is 0 Å². The largest absolute Gasteiger partial charge is 0.413 e. The molecule has 0 atom stereocenters. The molecule has 0 unspecified atom stereocenters. The van der Waals surface area contributed by atoms with E-state index in [2.05, 4.69) is 62.0 Å². The molecule has 20 heavy (non-hydrogen) atoms. The van der Waals surface area contributed by atoms with Crippen LogP contribution in [-0.4, -0.2) is 18.3 Å². The first-order chi connectivity index (χ1) is 9.19. The van der Waals surface area contributed by atoms with Gasteiger partial charge in [-0.15, -0.1) is 0 Å². The lowest BCUT2D eigenvalue weighted by Gasteiger charge is -2.36. The summed E-state index contributed by atoms with van der Waals surface area (Å²) in [6.07, 6.45) is 1.87. The van der Waals surface area contributed by atoms with Gasteiger partial charge in [0.25, 0.3) is 0 Å². The van der Waals surface area contributed by atoms with Gasteiger partial charge in [0.05, 0.1) is 12.1 Å². The summed E-state index contributed by atoms with van der Waals surface area (Å²) < 4.78 is 6.25. The van der Waals surface area contributed by atoms with Crippen LogP contribution in [0, 0.1) is 6.92 Å². The molecule has 1 aromatic carbocycles. The first-order valence-electron chi connectivity index (χ1n) is 7.05. The number of fused-ring (bicyclic) bond motifs is 1. The van der Waals surface area contributed by atoms with Crippen LogP contribution in [0.4, 0.5) is 0 Å². The Balaban J connectivity index is 2.18. The minimum Gasteiger partial charge on any atom is -0.413 e. The Hall–Kier alpha value is -1.26. The summed E-state index contributed by atoms with van der Waals surface area (Å²) in [6, 6.07) is 6.28. The van der Waals surface area contributed by atoms with E-state index in [1.165, 1.54) is 5.56 Å². The maximum atomic E-state index is 6.25. The lowest BCUT2D eigenvalue weighted by Crippen LogP contribution is -2.40. The van der Waals surface area contributed by atoms with Gasteiger partial charge in [-0.25, -0.2) is 9.97 Å². The molecule has 1 heterocycles. The molecule has 0 radical (unpaired) electrons. The van der Waals surface area contributed by atoms with E-state index >= 15 is 0 Å². The minimum atomic E-state index is -1.70. The molecule has 108 valence electrons. The van der Waals surface area contributed by atoms with Crippen LogP contribution in [0.15, 0.2) is 24.4 Å². The number of hydrogen-bond acceptors (Lipinski definition) is 3. The molecule has 2 aromatic rings. The van der Waals surface area contributed by atoms with Crippen LogP contribution in [0.2, 0.25) is 18.1 Å². The minimum absolute atomic E-state index is 0.239. The second-order valence-electron chi connectivity index (χ2n) is 6.86. The third-order valence-electron chi connectivity index (χ3n) is 4.17. The van der Waals surface area contributed by atoms with Crippen molar-refractivity contribution in [2.24, 2.45) is 0 Å². The van der Waals surface area contributed by atoms with Gasteiger partial charge in [-0.05, 0) is 36.7 Å². The van der Waals surface area contributed by atoms with Crippen LogP contribution in [0.5, 0.6) is 0 Å². The predicted octanol–water partition coefficient (Wildman–Crippen LogP) is 4.46. The molecule has 0 aliphatic rings. The van der Waals surface area contributed by atoms with E-state index in [4.69, 9.17) is 4.43 Å². The van der Waals surface area contributed by atoms with Crippen LogP contribution in [0.1, 0.15) is 32.2 Å². The van der Waals surface area contributed by atoms with Crippen molar-refractivity contribution in [1.82, 2.24) is 9.97 Å². The molecular formula is C16H24N2OSi. The normalized spacial score (nSPS) is 12.9. The molecular weight excluding hydrogens is 264 g/mol. The predicted molar refractivity (Wildman–Crippen MR) is 86.3 cm³/mol. The first-order valence-corrected chi connectivity index (χ1v) is 9.96. The van der Waals surface area contributed by atoms with Crippen molar-refractivity contribution in [3.63, 3.8) is 0 Å². The molecule has 0 fully saturated rings.